The van der Waals surface area contributed by atoms with E-state index in [2.05, 4.69) is 0 Å². The first-order chi connectivity index (χ1) is 14.9. The molecule has 2 heterocycles. The van der Waals surface area contributed by atoms with E-state index in [1.165, 1.54) is 31.4 Å². The van der Waals surface area contributed by atoms with Crippen LogP contribution in [-0.4, -0.2) is 55.2 Å². The molecule has 1 atom stereocenters. The molecule has 1 aliphatic heterocycles. The van der Waals surface area contributed by atoms with Crippen LogP contribution in [0.1, 0.15) is 42.4 Å². The maximum atomic E-state index is 13.1. The number of carbonyl (C=O) groups is 2. The van der Waals surface area contributed by atoms with Crippen molar-refractivity contribution < 1.29 is 33.3 Å². The number of ether oxygens (including phenoxy) is 3. The van der Waals surface area contributed by atoms with Crippen molar-refractivity contribution in [3.8, 4) is 11.5 Å². The molecular weight excluding hydrogens is 402 g/mol. The molecule has 2 aromatic rings. The molecule has 0 aliphatic carbocycles. The van der Waals surface area contributed by atoms with E-state index in [-0.39, 0.29) is 17.4 Å². The topological polar surface area (TPSA) is 98.4 Å². The van der Waals surface area contributed by atoms with E-state index in [4.69, 9.17) is 18.6 Å². The second kappa shape index (κ2) is 9.70. The second-order valence-electron chi connectivity index (χ2n) is 7.36. The zero-order valence-electron chi connectivity index (χ0n) is 18.1. The van der Waals surface area contributed by atoms with Crippen LogP contribution in [0.3, 0.4) is 0 Å². The van der Waals surface area contributed by atoms with Gasteiger partial charge in [-0.25, -0.2) is 0 Å². The number of furan rings is 1. The minimum Gasteiger partial charge on any atom is -0.503 e. The Hall–Kier alpha value is -3.26. The predicted octanol–water partition coefficient (Wildman–Crippen LogP) is 3.69. The third kappa shape index (κ3) is 4.59. The highest BCUT2D eigenvalue weighted by Gasteiger charge is 2.44. The Balaban J connectivity index is 2.00. The van der Waals surface area contributed by atoms with Gasteiger partial charge >= 0.3 is 0 Å². The standard InChI is InChI=1S/C23H27NO7/c1-14(2)30-12-6-10-24-20(15-8-9-16(28-3)18(13-15)29-4)19(22(26)23(24)27)21(25)17-7-5-11-31-17/h5,7-9,11,13-14,20,26H,6,10,12H2,1-4H3. The van der Waals surface area contributed by atoms with E-state index in [1.807, 2.05) is 13.8 Å². The van der Waals surface area contributed by atoms with Crippen LogP contribution in [0.15, 0.2) is 52.3 Å². The average Bonchev–Trinajstić information content (AvgIpc) is 3.38. The third-order valence-corrected chi connectivity index (χ3v) is 5.01. The number of ketones is 1. The van der Waals surface area contributed by atoms with Crippen molar-refractivity contribution in [2.75, 3.05) is 27.4 Å². The molecular formula is C23H27NO7. The third-order valence-electron chi connectivity index (χ3n) is 5.01. The lowest BCUT2D eigenvalue weighted by molar-refractivity contribution is -0.129. The Labute approximate surface area is 181 Å². The molecule has 0 saturated carbocycles. The number of aliphatic hydroxyl groups is 1. The number of carbonyl (C=O) groups excluding carboxylic acids is 2. The van der Waals surface area contributed by atoms with Crippen LogP contribution in [0.4, 0.5) is 0 Å². The van der Waals surface area contributed by atoms with Gasteiger partial charge < -0.3 is 28.6 Å². The minimum absolute atomic E-state index is 0.0306. The lowest BCUT2D eigenvalue weighted by atomic mass is 9.94. The highest BCUT2D eigenvalue weighted by atomic mass is 16.5. The first-order valence-corrected chi connectivity index (χ1v) is 10.0. The lowest BCUT2D eigenvalue weighted by Gasteiger charge is -2.27. The van der Waals surface area contributed by atoms with Gasteiger partial charge in [0.05, 0.1) is 38.2 Å². The van der Waals surface area contributed by atoms with E-state index < -0.39 is 23.5 Å². The van der Waals surface area contributed by atoms with E-state index in [9.17, 15) is 14.7 Å². The van der Waals surface area contributed by atoms with Gasteiger partial charge in [-0.3, -0.25) is 9.59 Å². The smallest absolute Gasteiger partial charge is 0.290 e. The van der Waals surface area contributed by atoms with E-state index in [0.717, 1.165) is 0 Å². The molecule has 1 aromatic carbocycles. The largest absolute Gasteiger partial charge is 0.503 e. The van der Waals surface area contributed by atoms with E-state index in [1.54, 1.807) is 24.3 Å². The highest BCUT2D eigenvalue weighted by molar-refractivity contribution is 6.15. The number of Topliss-reactive ketones (excluding diaryl/α,β-unsaturated/α-hetero) is 1. The quantitative estimate of drug-likeness (QED) is 0.454. The Morgan fingerprint density at radius 3 is 2.55 bits per heavy atom. The van der Waals surface area contributed by atoms with Crippen molar-refractivity contribution in [1.82, 2.24) is 4.90 Å². The number of aliphatic hydroxyl groups excluding tert-OH is 1. The molecule has 1 amide bonds. The summed E-state index contributed by atoms with van der Waals surface area (Å²) in [6, 6.07) is 7.41. The van der Waals surface area contributed by atoms with Gasteiger partial charge in [-0.2, -0.15) is 0 Å². The summed E-state index contributed by atoms with van der Waals surface area (Å²) < 4.78 is 21.5. The Bertz CT molecular complexity index is 962. The van der Waals surface area contributed by atoms with Crippen LogP contribution in [0.25, 0.3) is 0 Å². The fourth-order valence-electron chi connectivity index (χ4n) is 3.58. The Morgan fingerprint density at radius 1 is 1.19 bits per heavy atom. The van der Waals surface area contributed by atoms with Crippen LogP contribution in [0.5, 0.6) is 11.5 Å². The molecule has 1 aromatic heterocycles. The first-order valence-electron chi connectivity index (χ1n) is 10.0. The first kappa shape index (κ1) is 22.4. The van der Waals surface area contributed by atoms with Gasteiger partial charge in [-0.1, -0.05) is 6.07 Å². The van der Waals surface area contributed by atoms with E-state index >= 15 is 0 Å². The summed E-state index contributed by atoms with van der Waals surface area (Å²) >= 11 is 0. The molecule has 3 rings (SSSR count). The summed E-state index contributed by atoms with van der Waals surface area (Å²) in [5, 5.41) is 10.6. The van der Waals surface area contributed by atoms with Crippen LogP contribution in [-0.2, 0) is 9.53 Å². The maximum absolute atomic E-state index is 13.1. The molecule has 0 bridgehead atoms. The van der Waals surface area contributed by atoms with Gasteiger partial charge in [0.25, 0.3) is 5.91 Å². The van der Waals surface area contributed by atoms with Gasteiger partial charge in [0.15, 0.2) is 23.0 Å². The minimum atomic E-state index is -0.802. The number of nitrogens with zero attached hydrogens (tertiary/aromatic N) is 1. The molecule has 1 N–H and O–H groups in total. The molecule has 0 radical (unpaired) electrons. The van der Waals surface area contributed by atoms with E-state index in [0.29, 0.717) is 36.6 Å². The van der Waals surface area contributed by atoms with Crippen molar-refractivity contribution in [2.24, 2.45) is 0 Å². The molecule has 8 heteroatoms. The summed E-state index contributed by atoms with van der Waals surface area (Å²) in [5.74, 6) is -0.724. The zero-order valence-corrected chi connectivity index (χ0v) is 18.1. The van der Waals surface area contributed by atoms with Gasteiger partial charge in [-0.15, -0.1) is 0 Å². The lowest BCUT2D eigenvalue weighted by Crippen LogP contribution is -2.32. The average molecular weight is 429 g/mol. The molecule has 0 fully saturated rings. The summed E-state index contributed by atoms with van der Waals surface area (Å²) in [4.78, 5) is 27.5. The maximum Gasteiger partial charge on any atom is 0.290 e. The second-order valence-corrected chi connectivity index (χ2v) is 7.36. The van der Waals surface area contributed by atoms with Crippen molar-refractivity contribution in [1.29, 1.82) is 0 Å². The zero-order chi connectivity index (χ0) is 22.5. The predicted molar refractivity (Wildman–Crippen MR) is 112 cm³/mol. The number of amides is 1. The number of hydrogen-bond donors (Lipinski definition) is 1. The van der Waals surface area contributed by atoms with Crippen LogP contribution in [0.2, 0.25) is 0 Å². The number of hydrogen-bond acceptors (Lipinski definition) is 7. The normalized spacial score (nSPS) is 16.4. The van der Waals surface area contributed by atoms with Gasteiger partial charge in [0.1, 0.15) is 0 Å². The molecule has 0 spiro atoms. The monoisotopic (exact) mass is 429 g/mol. The van der Waals surface area contributed by atoms with Crippen LogP contribution in [0, 0.1) is 0 Å². The Kier molecular flexibility index (Phi) is 7.02. The highest BCUT2D eigenvalue weighted by Crippen LogP contribution is 2.41. The number of methoxy groups -OCH3 is 2. The van der Waals surface area contributed by atoms with Gasteiger partial charge in [0, 0.05) is 13.2 Å². The molecule has 31 heavy (non-hydrogen) atoms. The van der Waals surface area contributed by atoms with Crippen molar-refractivity contribution >= 4 is 11.7 Å². The molecule has 0 saturated heterocycles. The fourth-order valence-corrected chi connectivity index (χ4v) is 3.58. The summed E-state index contributed by atoms with van der Waals surface area (Å²) in [6.07, 6.45) is 1.98. The summed E-state index contributed by atoms with van der Waals surface area (Å²) in [6.45, 7) is 4.60. The molecule has 8 nitrogen and oxygen atoms in total. The summed E-state index contributed by atoms with van der Waals surface area (Å²) in [7, 11) is 3.03. The molecule has 1 aliphatic rings. The molecule has 1 unspecified atom stereocenters. The molecule has 166 valence electrons. The number of rotatable bonds is 10. The number of benzene rings is 1. The van der Waals surface area contributed by atoms with Crippen LogP contribution < -0.4 is 9.47 Å². The van der Waals surface area contributed by atoms with Crippen molar-refractivity contribution in [2.45, 2.75) is 32.4 Å². The summed E-state index contributed by atoms with van der Waals surface area (Å²) in [5.41, 5.74) is 0.576. The van der Waals surface area contributed by atoms with Crippen LogP contribution >= 0.6 is 0 Å². The van der Waals surface area contributed by atoms with Gasteiger partial charge in [-0.05, 0) is 50.1 Å². The fraction of sp³-hybridized carbons (Fsp3) is 0.391. The van der Waals surface area contributed by atoms with Crippen molar-refractivity contribution in [3.63, 3.8) is 0 Å². The van der Waals surface area contributed by atoms with Gasteiger partial charge in [0.2, 0.25) is 5.78 Å². The SMILES string of the molecule is COc1ccc(C2C(C(=O)c3ccco3)=C(O)C(=O)N2CCCOC(C)C)cc1OC. The Morgan fingerprint density at radius 2 is 1.94 bits per heavy atom. The van der Waals surface area contributed by atoms with Crippen molar-refractivity contribution in [3.05, 3.63) is 59.3 Å².